The Labute approximate surface area is 114 Å². The van der Waals surface area contributed by atoms with E-state index in [1.165, 1.54) is 25.3 Å². The Morgan fingerprint density at radius 1 is 1.15 bits per heavy atom. The SMILES string of the molecule is COc1ccccc1S(=O)(=O)Nc1ccc(F)nc1F. The summed E-state index contributed by atoms with van der Waals surface area (Å²) in [6, 6.07) is 7.64. The van der Waals surface area contributed by atoms with Crippen LogP contribution in [0.3, 0.4) is 0 Å². The van der Waals surface area contributed by atoms with Crippen molar-refractivity contribution in [1.29, 1.82) is 0 Å². The third-order valence-corrected chi connectivity index (χ3v) is 3.82. The molecule has 0 aliphatic heterocycles. The molecule has 0 bridgehead atoms. The normalized spacial score (nSPS) is 11.2. The summed E-state index contributed by atoms with van der Waals surface area (Å²) < 4.78 is 57.2. The van der Waals surface area contributed by atoms with E-state index in [1.807, 2.05) is 4.72 Å². The van der Waals surface area contributed by atoms with Crippen molar-refractivity contribution in [2.24, 2.45) is 0 Å². The number of ether oxygens (including phenoxy) is 1. The van der Waals surface area contributed by atoms with Crippen LogP contribution in [0.1, 0.15) is 0 Å². The molecular weight excluding hydrogens is 290 g/mol. The van der Waals surface area contributed by atoms with Gasteiger partial charge in [-0.15, -0.1) is 0 Å². The van der Waals surface area contributed by atoms with E-state index in [0.717, 1.165) is 12.1 Å². The number of rotatable bonds is 4. The molecule has 0 aliphatic rings. The number of methoxy groups -OCH3 is 1. The fourth-order valence-corrected chi connectivity index (χ4v) is 2.75. The first-order chi connectivity index (χ1) is 9.44. The first-order valence-electron chi connectivity index (χ1n) is 5.42. The highest BCUT2D eigenvalue weighted by atomic mass is 32.2. The van der Waals surface area contributed by atoms with E-state index in [1.54, 1.807) is 6.07 Å². The second-order valence-corrected chi connectivity index (χ2v) is 5.38. The average Bonchev–Trinajstić information content (AvgIpc) is 2.42. The molecule has 2 aromatic rings. The van der Waals surface area contributed by atoms with Gasteiger partial charge in [-0.1, -0.05) is 12.1 Å². The van der Waals surface area contributed by atoms with Gasteiger partial charge < -0.3 is 4.74 Å². The number of hydrogen-bond acceptors (Lipinski definition) is 4. The van der Waals surface area contributed by atoms with Crippen LogP contribution in [0.15, 0.2) is 41.3 Å². The molecule has 0 saturated heterocycles. The van der Waals surface area contributed by atoms with Gasteiger partial charge in [-0.2, -0.15) is 13.8 Å². The van der Waals surface area contributed by atoms with Crippen molar-refractivity contribution in [1.82, 2.24) is 4.98 Å². The first kappa shape index (κ1) is 14.2. The predicted molar refractivity (Wildman–Crippen MR) is 68.0 cm³/mol. The zero-order chi connectivity index (χ0) is 14.8. The molecule has 0 amide bonds. The summed E-state index contributed by atoms with van der Waals surface area (Å²) >= 11 is 0. The van der Waals surface area contributed by atoms with Crippen molar-refractivity contribution in [3.05, 3.63) is 48.3 Å². The number of sulfonamides is 1. The zero-order valence-corrected chi connectivity index (χ0v) is 11.1. The van der Waals surface area contributed by atoms with Crippen LogP contribution in [-0.2, 0) is 10.0 Å². The van der Waals surface area contributed by atoms with Gasteiger partial charge in [0.2, 0.25) is 11.9 Å². The monoisotopic (exact) mass is 300 g/mol. The molecule has 2 rings (SSSR count). The van der Waals surface area contributed by atoms with Crippen LogP contribution >= 0.6 is 0 Å². The van der Waals surface area contributed by atoms with E-state index in [9.17, 15) is 17.2 Å². The van der Waals surface area contributed by atoms with Gasteiger partial charge in [-0.3, -0.25) is 4.72 Å². The predicted octanol–water partition coefficient (Wildman–Crippen LogP) is 2.17. The molecule has 0 spiro atoms. The highest BCUT2D eigenvalue weighted by Gasteiger charge is 2.21. The third-order valence-electron chi connectivity index (χ3n) is 2.42. The summed E-state index contributed by atoms with van der Waals surface area (Å²) in [5, 5.41) is 0. The van der Waals surface area contributed by atoms with Crippen molar-refractivity contribution in [2.45, 2.75) is 4.90 Å². The van der Waals surface area contributed by atoms with Crippen molar-refractivity contribution < 1.29 is 21.9 Å². The number of nitrogens with one attached hydrogen (secondary N) is 1. The Morgan fingerprint density at radius 2 is 1.85 bits per heavy atom. The number of pyridine rings is 1. The van der Waals surface area contributed by atoms with Gasteiger partial charge >= 0.3 is 0 Å². The maximum Gasteiger partial charge on any atom is 0.265 e. The Morgan fingerprint density at radius 3 is 2.50 bits per heavy atom. The lowest BCUT2D eigenvalue weighted by atomic mass is 10.3. The van der Waals surface area contributed by atoms with E-state index in [2.05, 4.69) is 4.98 Å². The van der Waals surface area contributed by atoms with Crippen LogP contribution in [0.2, 0.25) is 0 Å². The minimum Gasteiger partial charge on any atom is -0.495 e. The minimum absolute atomic E-state index is 0.107. The quantitative estimate of drug-likeness (QED) is 0.879. The van der Waals surface area contributed by atoms with E-state index in [4.69, 9.17) is 4.74 Å². The van der Waals surface area contributed by atoms with Crippen LogP contribution < -0.4 is 9.46 Å². The molecular formula is C12H10F2N2O3S. The molecule has 1 aromatic heterocycles. The fourth-order valence-electron chi connectivity index (χ4n) is 1.53. The highest BCUT2D eigenvalue weighted by molar-refractivity contribution is 7.92. The van der Waals surface area contributed by atoms with Crippen LogP contribution in [0, 0.1) is 11.9 Å². The van der Waals surface area contributed by atoms with E-state index in [-0.39, 0.29) is 10.6 Å². The van der Waals surface area contributed by atoms with Gasteiger partial charge in [0, 0.05) is 0 Å². The van der Waals surface area contributed by atoms with Crippen LogP contribution in [-0.4, -0.2) is 20.5 Å². The molecule has 5 nitrogen and oxygen atoms in total. The standard InChI is InChI=1S/C12H10F2N2O3S/c1-19-9-4-2-3-5-10(9)20(17,18)16-8-6-7-11(13)15-12(8)14/h2-7,16H,1H3. The third kappa shape index (κ3) is 2.85. The molecule has 8 heteroatoms. The molecule has 106 valence electrons. The highest BCUT2D eigenvalue weighted by Crippen LogP contribution is 2.25. The largest absolute Gasteiger partial charge is 0.495 e. The average molecular weight is 300 g/mol. The Hall–Kier alpha value is -2.22. The summed E-state index contributed by atoms with van der Waals surface area (Å²) in [5.41, 5.74) is -0.447. The smallest absolute Gasteiger partial charge is 0.265 e. The maximum absolute atomic E-state index is 13.4. The lowest BCUT2D eigenvalue weighted by molar-refractivity contribution is 0.403. The number of hydrogen-bond donors (Lipinski definition) is 1. The molecule has 0 saturated carbocycles. The summed E-state index contributed by atoms with van der Waals surface area (Å²) in [6.45, 7) is 0. The molecule has 0 unspecified atom stereocenters. The van der Waals surface area contributed by atoms with Gasteiger partial charge in [0.25, 0.3) is 10.0 Å². The van der Waals surface area contributed by atoms with Crippen LogP contribution in [0.25, 0.3) is 0 Å². The summed E-state index contributed by atoms with van der Waals surface area (Å²) in [4.78, 5) is 2.74. The lowest BCUT2D eigenvalue weighted by Gasteiger charge is -2.11. The summed E-state index contributed by atoms with van der Waals surface area (Å²) in [6.07, 6.45) is 0. The Balaban J connectivity index is 2.41. The summed E-state index contributed by atoms with van der Waals surface area (Å²) in [7, 11) is -2.76. The van der Waals surface area contributed by atoms with Crippen molar-refractivity contribution >= 4 is 15.7 Å². The zero-order valence-electron chi connectivity index (χ0n) is 10.3. The molecule has 0 fully saturated rings. The van der Waals surface area contributed by atoms with Gasteiger partial charge in [0.05, 0.1) is 7.11 Å². The molecule has 0 atom stereocenters. The molecule has 20 heavy (non-hydrogen) atoms. The second-order valence-electron chi connectivity index (χ2n) is 3.73. The van der Waals surface area contributed by atoms with Crippen molar-refractivity contribution in [3.63, 3.8) is 0 Å². The number of halogens is 2. The van der Waals surface area contributed by atoms with Crippen molar-refractivity contribution in [3.8, 4) is 5.75 Å². The second kappa shape index (κ2) is 5.41. The van der Waals surface area contributed by atoms with Crippen LogP contribution in [0.4, 0.5) is 14.5 Å². The maximum atomic E-state index is 13.4. The molecule has 1 N–H and O–H groups in total. The molecule has 1 aromatic carbocycles. The Kier molecular flexibility index (Phi) is 3.84. The lowest BCUT2D eigenvalue weighted by Crippen LogP contribution is -2.15. The van der Waals surface area contributed by atoms with Gasteiger partial charge in [0.1, 0.15) is 16.3 Å². The fraction of sp³-hybridized carbons (Fsp3) is 0.0833. The topological polar surface area (TPSA) is 68.3 Å². The number of aromatic nitrogens is 1. The van der Waals surface area contributed by atoms with Gasteiger partial charge in [0.15, 0.2) is 0 Å². The van der Waals surface area contributed by atoms with E-state index < -0.39 is 27.6 Å². The van der Waals surface area contributed by atoms with Gasteiger partial charge in [-0.05, 0) is 24.3 Å². The number of anilines is 1. The minimum atomic E-state index is -4.07. The van der Waals surface area contributed by atoms with Crippen LogP contribution in [0.5, 0.6) is 5.75 Å². The summed E-state index contributed by atoms with van der Waals surface area (Å²) in [5.74, 6) is -2.18. The van der Waals surface area contributed by atoms with Crippen molar-refractivity contribution in [2.75, 3.05) is 11.8 Å². The first-order valence-corrected chi connectivity index (χ1v) is 6.90. The number of para-hydroxylation sites is 1. The van der Waals surface area contributed by atoms with E-state index >= 15 is 0 Å². The Bertz CT molecular complexity index is 735. The molecule has 1 heterocycles. The number of benzene rings is 1. The molecule has 0 radical (unpaired) electrons. The number of nitrogens with zero attached hydrogens (tertiary/aromatic N) is 1. The molecule has 0 aliphatic carbocycles. The van der Waals surface area contributed by atoms with E-state index in [0.29, 0.717) is 0 Å². The van der Waals surface area contributed by atoms with Gasteiger partial charge in [-0.25, -0.2) is 8.42 Å².